The van der Waals surface area contributed by atoms with E-state index in [1.54, 1.807) is 0 Å². The van der Waals surface area contributed by atoms with Crippen LogP contribution < -0.4 is 0 Å². The molecule has 0 aromatic rings. The summed E-state index contributed by atoms with van der Waals surface area (Å²) in [4.78, 5) is 2.30. The molecular weight excluding hydrogens is 150 g/mol. The number of hydrogen-bond donors (Lipinski definition) is 0. The maximum atomic E-state index is 5.80. The summed E-state index contributed by atoms with van der Waals surface area (Å²) in [5, 5.41) is 0. The molecule has 0 N–H and O–H groups in total. The molecule has 2 heteroatoms. The second kappa shape index (κ2) is 3.75. The minimum absolute atomic E-state index is 0.587. The Morgan fingerprint density at radius 1 is 1.17 bits per heavy atom. The predicted octanol–water partition coefficient (Wildman–Crippen LogP) is 1.85. The van der Waals surface area contributed by atoms with Crippen LogP contribution in [0.5, 0.6) is 0 Å². The maximum absolute atomic E-state index is 5.80. The molecule has 12 heavy (non-hydrogen) atoms. The number of hydrogen-bond acceptors (Lipinski definition) is 2. The lowest BCUT2D eigenvalue weighted by atomic mass is 9.96. The van der Waals surface area contributed by atoms with Gasteiger partial charge < -0.3 is 4.74 Å². The summed E-state index contributed by atoms with van der Waals surface area (Å²) in [5.41, 5.74) is 0. The molecule has 1 aliphatic carbocycles. The lowest BCUT2D eigenvalue weighted by Gasteiger charge is -2.35. The summed E-state index contributed by atoms with van der Waals surface area (Å²) in [7, 11) is 2.15. The molecule has 1 aliphatic heterocycles. The van der Waals surface area contributed by atoms with Crippen molar-refractivity contribution in [2.75, 3.05) is 20.3 Å². The average Bonchev–Trinajstić information content (AvgIpc) is 2.28. The van der Waals surface area contributed by atoms with Gasteiger partial charge in [0.1, 0.15) is 0 Å². The van der Waals surface area contributed by atoms with E-state index in [1.165, 1.54) is 38.6 Å². The van der Waals surface area contributed by atoms with Crippen LogP contribution in [0.1, 0.15) is 32.1 Å². The van der Waals surface area contributed by atoms with E-state index in [0.29, 0.717) is 6.10 Å². The molecule has 2 nitrogen and oxygen atoms in total. The highest BCUT2D eigenvalue weighted by Crippen LogP contribution is 2.28. The van der Waals surface area contributed by atoms with Gasteiger partial charge in [0, 0.05) is 6.54 Å². The Morgan fingerprint density at radius 3 is 2.92 bits per heavy atom. The summed E-state index contributed by atoms with van der Waals surface area (Å²) in [5.74, 6) is 0.825. The fraction of sp³-hybridized carbons (Fsp3) is 1.00. The van der Waals surface area contributed by atoms with Gasteiger partial charge in [-0.05, 0) is 25.8 Å². The first-order valence-corrected chi connectivity index (χ1v) is 5.16. The molecule has 70 valence electrons. The van der Waals surface area contributed by atoms with Crippen molar-refractivity contribution in [2.45, 2.75) is 38.2 Å². The van der Waals surface area contributed by atoms with Gasteiger partial charge in [-0.15, -0.1) is 0 Å². The number of rotatable bonds is 0. The van der Waals surface area contributed by atoms with E-state index in [1.807, 2.05) is 0 Å². The fourth-order valence-corrected chi connectivity index (χ4v) is 2.45. The van der Waals surface area contributed by atoms with Crippen molar-refractivity contribution in [3.05, 3.63) is 0 Å². The highest BCUT2D eigenvalue weighted by Gasteiger charge is 2.29. The van der Waals surface area contributed by atoms with Crippen molar-refractivity contribution < 1.29 is 4.74 Å². The van der Waals surface area contributed by atoms with Gasteiger partial charge >= 0.3 is 0 Å². The Hall–Kier alpha value is -0.0800. The molecular formula is C10H19NO. The van der Waals surface area contributed by atoms with Crippen LogP contribution in [0.25, 0.3) is 0 Å². The van der Waals surface area contributed by atoms with Crippen LogP contribution in [-0.4, -0.2) is 31.3 Å². The first-order valence-electron chi connectivity index (χ1n) is 5.16. The zero-order valence-electron chi connectivity index (χ0n) is 7.96. The van der Waals surface area contributed by atoms with Crippen molar-refractivity contribution in [3.63, 3.8) is 0 Å². The Kier molecular flexibility index (Phi) is 2.66. The summed E-state index contributed by atoms with van der Waals surface area (Å²) < 4.78 is 5.80. The van der Waals surface area contributed by atoms with Gasteiger partial charge in [0.15, 0.2) is 0 Å². The highest BCUT2D eigenvalue weighted by molar-refractivity contribution is 4.79. The number of fused-ring (bicyclic) bond motifs is 1. The SMILES string of the molecule is CN1CO[C@H]2CCCCC[C@H]2C1. The molecule has 2 rings (SSSR count). The molecule has 1 saturated carbocycles. The Balaban J connectivity index is 1.94. The third-order valence-corrected chi connectivity index (χ3v) is 3.14. The third-order valence-electron chi connectivity index (χ3n) is 3.14. The van der Waals surface area contributed by atoms with Crippen molar-refractivity contribution in [3.8, 4) is 0 Å². The minimum Gasteiger partial charge on any atom is -0.363 e. The molecule has 0 radical (unpaired) electrons. The van der Waals surface area contributed by atoms with E-state index in [2.05, 4.69) is 11.9 Å². The van der Waals surface area contributed by atoms with Crippen molar-refractivity contribution in [1.82, 2.24) is 4.90 Å². The quantitative estimate of drug-likeness (QED) is 0.549. The molecule has 0 unspecified atom stereocenters. The topological polar surface area (TPSA) is 12.5 Å². The summed E-state index contributed by atoms with van der Waals surface area (Å²) in [6, 6.07) is 0. The van der Waals surface area contributed by atoms with Crippen LogP contribution >= 0.6 is 0 Å². The van der Waals surface area contributed by atoms with Gasteiger partial charge in [-0.25, -0.2) is 0 Å². The molecule has 0 aromatic heterocycles. The Bertz CT molecular complexity index is 149. The van der Waals surface area contributed by atoms with Gasteiger partial charge in [-0.3, -0.25) is 4.90 Å². The van der Waals surface area contributed by atoms with Crippen molar-refractivity contribution in [2.24, 2.45) is 5.92 Å². The summed E-state index contributed by atoms with van der Waals surface area (Å²) in [6.07, 6.45) is 7.49. The Labute approximate surface area is 74.9 Å². The molecule has 0 spiro atoms. The van der Waals surface area contributed by atoms with Crippen LogP contribution in [0.3, 0.4) is 0 Å². The molecule has 1 saturated heterocycles. The smallest absolute Gasteiger partial charge is 0.0991 e. The van der Waals surface area contributed by atoms with Crippen LogP contribution in [0.4, 0.5) is 0 Å². The standard InChI is InChI=1S/C10H19NO/c1-11-7-9-5-3-2-4-6-10(9)12-8-11/h9-10H,2-8H2,1H3/t9-,10-/m0/s1. The van der Waals surface area contributed by atoms with Crippen LogP contribution in [-0.2, 0) is 4.74 Å². The van der Waals surface area contributed by atoms with E-state index in [0.717, 1.165) is 12.6 Å². The van der Waals surface area contributed by atoms with E-state index in [-0.39, 0.29) is 0 Å². The average molecular weight is 169 g/mol. The lowest BCUT2D eigenvalue weighted by Crippen LogP contribution is -2.42. The third kappa shape index (κ3) is 1.80. The number of ether oxygens (including phenoxy) is 1. The van der Waals surface area contributed by atoms with Gasteiger partial charge in [0.2, 0.25) is 0 Å². The van der Waals surface area contributed by atoms with Crippen LogP contribution in [0.2, 0.25) is 0 Å². The van der Waals surface area contributed by atoms with Crippen LogP contribution in [0, 0.1) is 5.92 Å². The van der Waals surface area contributed by atoms with Gasteiger partial charge in [-0.2, -0.15) is 0 Å². The first-order chi connectivity index (χ1) is 5.86. The largest absolute Gasteiger partial charge is 0.363 e. The van der Waals surface area contributed by atoms with E-state index in [9.17, 15) is 0 Å². The molecule has 2 aliphatic rings. The highest BCUT2D eigenvalue weighted by atomic mass is 16.5. The van der Waals surface area contributed by atoms with E-state index >= 15 is 0 Å². The molecule has 0 aromatic carbocycles. The second-order valence-corrected chi connectivity index (χ2v) is 4.27. The summed E-state index contributed by atoms with van der Waals surface area (Å²) >= 11 is 0. The zero-order chi connectivity index (χ0) is 8.39. The Morgan fingerprint density at radius 2 is 2.00 bits per heavy atom. The molecule has 2 atom stereocenters. The van der Waals surface area contributed by atoms with Gasteiger partial charge in [0.05, 0.1) is 12.8 Å². The molecule has 1 heterocycles. The van der Waals surface area contributed by atoms with Crippen molar-refractivity contribution >= 4 is 0 Å². The zero-order valence-corrected chi connectivity index (χ0v) is 7.96. The monoisotopic (exact) mass is 169 g/mol. The summed E-state index contributed by atoms with van der Waals surface area (Å²) in [6.45, 7) is 2.10. The van der Waals surface area contributed by atoms with Gasteiger partial charge in [-0.1, -0.05) is 19.3 Å². The molecule has 2 fully saturated rings. The minimum atomic E-state index is 0.587. The van der Waals surface area contributed by atoms with Crippen molar-refractivity contribution in [1.29, 1.82) is 0 Å². The molecule has 0 amide bonds. The van der Waals surface area contributed by atoms with E-state index < -0.39 is 0 Å². The fourth-order valence-electron chi connectivity index (χ4n) is 2.45. The lowest BCUT2D eigenvalue weighted by molar-refractivity contribution is -0.0952. The predicted molar refractivity (Wildman–Crippen MR) is 48.9 cm³/mol. The van der Waals surface area contributed by atoms with Gasteiger partial charge in [0.25, 0.3) is 0 Å². The van der Waals surface area contributed by atoms with Crippen LogP contribution in [0.15, 0.2) is 0 Å². The second-order valence-electron chi connectivity index (χ2n) is 4.27. The normalized spacial score (nSPS) is 38.8. The van der Waals surface area contributed by atoms with E-state index in [4.69, 9.17) is 4.74 Å². The maximum Gasteiger partial charge on any atom is 0.0991 e. The molecule has 0 bridgehead atoms. The number of nitrogens with zero attached hydrogens (tertiary/aromatic N) is 1. The first kappa shape index (κ1) is 8.52.